The molecule has 5 nitrogen and oxygen atoms in total. The smallest absolute Gasteiger partial charge is 0.189 e. The number of ether oxygens (including phenoxy) is 2. The number of hydrogen-bond donors (Lipinski definition) is 2. The molecule has 0 unspecified atom stereocenters. The number of benzene rings is 1. The van der Waals surface area contributed by atoms with E-state index >= 15 is 0 Å². The molecule has 0 radical (unpaired) electrons. The molecule has 1 aliphatic heterocycles. The van der Waals surface area contributed by atoms with Gasteiger partial charge in [0.15, 0.2) is 17.7 Å². The number of aliphatic hydroxyl groups is 1. The summed E-state index contributed by atoms with van der Waals surface area (Å²) in [4.78, 5) is 12.4. The summed E-state index contributed by atoms with van der Waals surface area (Å²) < 4.78 is 11.0. The Balaban J connectivity index is 2.27. The van der Waals surface area contributed by atoms with Crippen LogP contribution in [0.4, 0.5) is 0 Å². The van der Waals surface area contributed by atoms with Crippen LogP contribution in [-0.4, -0.2) is 35.5 Å². The second-order valence-corrected chi connectivity index (χ2v) is 6.19. The minimum atomic E-state index is -0.946. The molecule has 0 amide bonds. The normalized spacial score (nSPS) is 24.5. The van der Waals surface area contributed by atoms with Crippen LogP contribution in [0.2, 0.25) is 10.0 Å². The molecule has 1 aromatic carbocycles. The Morgan fingerprint density at radius 3 is 2.50 bits per heavy atom. The maximum Gasteiger partial charge on any atom is 0.189 e. The zero-order chi connectivity index (χ0) is 16.5. The molecule has 1 aromatic rings. The number of nitrogens with two attached hydrogens (primary N) is 1. The van der Waals surface area contributed by atoms with Gasteiger partial charge in [0.1, 0.15) is 6.10 Å². The molecule has 1 heterocycles. The molecule has 0 saturated carbocycles. The van der Waals surface area contributed by atoms with E-state index in [0.29, 0.717) is 15.6 Å². The summed E-state index contributed by atoms with van der Waals surface area (Å²) in [6.45, 7) is 3.00. The van der Waals surface area contributed by atoms with E-state index in [4.69, 9.17) is 38.4 Å². The Morgan fingerprint density at radius 1 is 1.36 bits per heavy atom. The minimum absolute atomic E-state index is 0.130. The zero-order valence-electron chi connectivity index (χ0n) is 12.2. The van der Waals surface area contributed by atoms with Gasteiger partial charge in [-0.05, 0) is 26.0 Å². The molecule has 2 rings (SSSR count). The Hall–Kier alpha value is -1.11. The Kier molecular flexibility index (Phi) is 5.14. The van der Waals surface area contributed by atoms with E-state index in [-0.39, 0.29) is 12.3 Å². The first kappa shape index (κ1) is 17.2. The first-order chi connectivity index (χ1) is 10.2. The number of hydrogen-bond acceptors (Lipinski definition) is 5. The maximum atomic E-state index is 12.4. The quantitative estimate of drug-likeness (QED) is 0.818. The number of rotatable bonds is 4. The van der Waals surface area contributed by atoms with Crippen LogP contribution in [0.1, 0.15) is 19.4 Å². The van der Waals surface area contributed by atoms with E-state index in [0.717, 1.165) is 0 Å². The average Bonchev–Trinajstić information content (AvgIpc) is 2.74. The highest BCUT2D eigenvalue weighted by Crippen LogP contribution is 2.31. The van der Waals surface area contributed by atoms with Crippen molar-refractivity contribution in [1.29, 1.82) is 0 Å². The lowest BCUT2D eigenvalue weighted by Gasteiger charge is -2.16. The lowest BCUT2D eigenvalue weighted by atomic mass is 10.1. The Labute approximate surface area is 138 Å². The van der Waals surface area contributed by atoms with Gasteiger partial charge in [-0.3, -0.25) is 4.79 Å². The number of carbonyl (C=O) groups excluding carboxylic acids is 1. The largest absolute Gasteiger partial charge is 0.398 e. The van der Waals surface area contributed by atoms with Crippen molar-refractivity contribution in [1.82, 2.24) is 0 Å². The van der Waals surface area contributed by atoms with Gasteiger partial charge in [0, 0.05) is 17.3 Å². The first-order valence-electron chi connectivity index (χ1n) is 6.67. The molecule has 0 aliphatic carbocycles. The van der Waals surface area contributed by atoms with Crippen molar-refractivity contribution in [3.63, 3.8) is 0 Å². The highest BCUT2D eigenvalue weighted by atomic mass is 35.5. The molecule has 120 valence electrons. The first-order valence-corrected chi connectivity index (χ1v) is 7.42. The van der Waals surface area contributed by atoms with E-state index in [1.165, 1.54) is 6.08 Å². The number of carbonyl (C=O) groups is 1. The van der Waals surface area contributed by atoms with Crippen molar-refractivity contribution in [2.75, 3.05) is 6.61 Å². The standard InChI is InChI=1S/C15H17Cl2NO4/c1-15(2)21-12(7-19)14(22-15)11(20)6-10(18)13-8(16)4-3-5-9(13)17/h3-6,12,14,19H,7,18H2,1-2H3/b10-6-/t12-,14+/m0/s1. The van der Waals surface area contributed by atoms with Crippen LogP contribution in [0.5, 0.6) is 0 Å². The molecular formula is C15H17Cl2NO4. The van der Waals surface area contributed by atoms with Gasteiger partial charge in [0.25, 0.3) is 0 Å². The summed E-state index contributed by atoms with van der Waals surface area (Å²) in [7, 11) is 0. The minimum Gasteiger partial charge on any atom is -0.398 e. The van der Waals surface area contributed by atoms with Gasteiger partial charge >= 0.3 is 0 Å². The van der Waals surface area contributed by atoms with Crippen molar-refractivity contribution >= 4 is 34.7 Å². The van der Waals surface area contributed by atoms with Crippen molar-refractivity contribution < 1.29 is 19.4 Å². The summed E-state index contributed by atoms with van der Waals surface area (Å²) >= 11 is 12.1. The van der Waals surface area contributed by atoms with E-state index in [9.17, 15) is 9.90 Å². The number of aliphatic hydroxyl groups excluding tert-OH is 1. The summed E-state index contributed by atoms with van der Waals surface area (Å²) in [5.74, 6) is -1.36. The van der Waals surface area contributed by atoms with Crippen LogP contribution < -0.4 is 5.73 Å². The highest BCUT2D eigenvalue weighted by molar-refractivity contribution is 6.37. The van der Waals surface area contributed by atoms with E-state index in [2.05, 4.69) is 0 Å². The monoisotopic (exact) mass is 345 g/mol. The van der Waals surface area contributed by atoms with E-state index in [1.54, 1.807) is 32.0 Å². The fraction of sp³-hybridized carbons (Fsp3) is 0.400. The summed E-state index contributed by atoms with van der Waals surface area (Å²) in [5, 5.41) is 9.99. The number of halogens is 2. The maximum absolute atomic E-state index is 12.4. The fourth-order valence-electron chi connectivity index (χ4n) is 2.29. The molecule has 2 atom stereocenters. The predicted molar refractivity (Wildman–Crippen MR) is 84.5 cm³/mol. The summed E-state index contributed by atoms with van der Waals surface area (Å²) in [6, 6.07) is 4.94. The molecule has 22 heavy (non-hydrogen) atoms. The molecule has 7 heteroatoms. The van der Waals surface area contributed by atoms with Crippen molar-refractivity contribution in [3.05, 3.63) is 39.9 Å². The number of ketones is 1. The van der Waals surface area contributed by atoms with Gasteiger partial charge < -0.3 is 20.3 Å². The van der Waals surface area contributed by atoms with Crippen LogP contribution >= 0.6 is 23.2 Å². The van der Waals surface area contributed by atoms with Crippen LogP contribution in [-0.2, 0) is 14.3 Å². The topological polar surface area (TPSA) is 81.8 Å². The van der Waals surface area contributed by atoms with Gasteiger partial charge in [-0.15, -0.1) is 0 Å². The Bertz CT molecular complexity index is 595. The fourth-order valence-corrected chi connectivity index (χ4v) is 2.91. The highest BCUT2D eigenvalue weighted by Gasteiger charge is 2.44. The zero-order valence-corrected chi connectivity index (χ0v) is 13.7. The average molecular weight is 346 g/mol. The second-order valence-electron chi connectivity index (χ2n) is 5.38. The molecule has 0 aromatic heterocycles. The van der Waals surface area contributed by atoms with Crippen LogP contribution in [0.3, 0.4) is 0 Å². The molecule has 1 aliphatic rings. The molecule has 1 fully saturated rings. The van der Waals surface area contributed by atoms with Crippen molar-refractivity contribution in [2.24, 2.45) is 5.73 Å². The molecule has 3 N–H and O–H groups in total. The lowest BCUT2D eigenvalue weighted by Crippen LogP contribution is -2.33. The lowest BCUT2D eigenvalue weighted by molar-refractivity contribution is -0.154. The Morgan fingerprint density at radius 2 is 1.95 bits per heavy atom. The van der Waals surface area contributed by atoms with E-state index in [1.807, 2.05) is 0 Å². The molecule has 1 saturated heterocycles. The van der Waals surface area contributed by atoms with E-state index < -0.39 is 23.8 Å². The summed E-state index contributed by atoms with van der Waals surface area (Å²) in [6.07, 6.45) is -0.473. The third kappa shape index (κ3) is 3.62. The van der Waals surface area contributed by atoms with Gasteiger partial charge in [-0.1, -0.05) is 29.3 Å². The van der Waals surface area contributed by atoms with Gasteiger partial charge in [0.05, 0.1) is 16.7 Å². The third-order valence-corrected chi connectivity index (χ3v) is 3.82. The van der Waals surface area contributed by atoms with Gasteiger partial charge in [0.2, 0.25) is 0 Å². The third-order valence-electron chi connectivity index (χ3n) is 3.19. The van der Waals surface area contributed by atoms with Crippen LogP contribution in [0.25, 0.3) is 5.70 Å². The molecular weight excluding hydrogens is 329 g/mol. The SMILES string of the molecule is CC1(C)O[C@@H](CO)[C@@H](C(=O)/C=C(\N)c2c(Cl)cccc2Cl)O1. The van der Waals surface area contributed by atoms with Crippen LogP contribution in [0, 0.1) is 0 Å². The van der Waals surface area contributed by atoms with Crippen molar-refractivity contribution in [2.45, 2.75) is 31.8 Å². The predicted octanol–water partition coefficient (Wildman–Crippen LogP) is 2.37. The van der Waals surface area contributed by atoms with Gasteiger partial charge in [-0.25, -0.2) is 0 Å². The molecule has 0 spiro atoms. The van der Waals surface area contributed by atoms with Crippen molar-refractivity contribution in [3.8, 4) is 0 Å². The second kappa shape index (κ2) is 6.56. The molecule has 0 bridgehead atoms. The summed E-state index contributed by atoms with van der Waals surface area (Å²) in [5.41, 5.74) is 6.45. The van der Waals surface area contributed by atoms with Crippen LogP contribution in [0.15, 0.2) is 24.3 Å². The van der Waals surface area contributed by atoms with Gasteiger partial charge in [-0.2, -0.15) is 0 Å².